The lowest BCUT2D eigenvalue weighted by Crippen LogP contribution is -2.57. The van der Waals surface area contributed by atoms with Crippen molar-refractivity contribution in [2.45, 2.75) is 51.1 Å². The summed E-state index contributed by atoms with van der Waals surface area (Å²) in [5.41, 5.74) is 3.06. The summed E-state index contributed by atoms with van der Waals surface area (Å²) in [4.78, 5) is 49.2. The molecular weight excluding hydrogens is 430 g/mol. The Morgan fingerprint density at radius 3 is 2.62 bits per heavy atom. The van der Waals surface area contributed by atoms with Crippen LogP contribution >= 0.6 is 0 Å². The van der Waals surface area contributed by atoms with E-state index in [2.05, 4.69) is 15.2 Å². The average molecular weight is 462 g/mol. The van der Waals surface area contributed by atoms with E-state index in [0.29, 0.717) is 17.8 Å². The summed E-state index contributed by atoms with van der Waals surface area (Å²) in [5, 5.41) is 2.90. The quantitative estimate of drug-likeness (QED) is 0.740. The highest BCUT2D eigenvalue weighted by Crippen LogP contribution is 2.40. The molecule has 3 aliphatic rings. The van der Waals surface area contributed by atoms with Gasteiger partial charge in [-0.15, -0.1) is 0 Å². The van der Waals surface area contributed by atoms with Crippen molar-refractivity contribution in [3.8, 4) is 0 Å². The molecule has 2 aromatic rings. The van der Waals surface area contributed by atoms with E-state index in [1.807, 2.05) is 35.2 Å². The first kappa shape index (κ1) is 22.4. The summed E-state index contributed by atoms with van der Waals surface area (Å²) < 4.78 is 0. The molecule has 5 rings (SSSR count). The van der Waals surface area contributed by atoms with Crippen molar-refractivity contribution in [1.29, 1.82) is 0 Å². The van der Waals surface area contributed by atoms with Gasteiger partial charge in [0.05, 0.1) is 11.4 Å². The second kappa shape index (κ2) is 9.83. The molecule has 1 aromatic carbocycles. The average Bonchev–Trinajstić information content (AvgIpc) is 2.90. The SMILES string of the molecule is O=C(CN1C(=O)C2CCCCN2c2ccc(C(=O)N3CCCCC3)cc21)NCc1cccnc1. The fraction of sp³-hybridized carbons (Fsp3) is 0.462. The van der Waals surface area contributed by atoms with Crippen LogP contribution in [0, 0.1) is 0 Å². The minimum absolute atomic E-state index is 0.00306. The minimum atomic E-state index is -0.254. The van der Waals surface area contributed by atoms with Crippen molar-refractivity contribution >= 4 is 29.1 Å². The molecule has 8 nitrogen and oxygen atoms in total. The molecule has 1 aromatic heterocycles. The van der Waals surface area contributed by atoms with Crippen molar-refractivity contribution in [3.05, 3.63) is 53.9 Å². The lowest BCUT2D eigenvalue weighted by molar-refractivity contribution is -0.125. The number of anilines is 2. The third-order valence-corrected chi connectivity index (χ3v) is 7.03. The molecule has 178 valence electrons. The van der Waals surface area contributed by atoms with Gasteiger partial charge in [-0.05, 0) is 68.4 Å². The van der Waals surface area contributed by atoms with E-state index in [9.17, 15) is 14.4 Å². The van der Waals surface area contributed by atoms with Crippen LogP contribution in [0.15, 0.2) is 42.7 Å². The Labute approximate surface area is 199 Å². The molecule has 2 saturated heterocycles. The fourth-order valence-corrected chi connectivity index (χ4v) is 5.24. The number of aromatic nitrogens is 1. The number of piperidine rings is 2. The van der Waals surface area contributed by atoms with E-state index in [1.54, 1.807) is 17.3 Å². The number of benzene rings is 1. The molecule has 3 amide bonds. The normalized spacial score (nSPS) is 19.9. The highest BCUT2D eigenvalue weighted by molar-refractivity contribution is 6.09. The number of hydrogen-bond donors (Lipinski definition) is 1. The van der Waals surface area contributed by atoms with Crippen LogP contribution < -0.4 is 15.1 Å². The fourth-order valence-electron chi connectivity index (χ4n) is 5.24. The largest absolute Gasteiger partial charge is 0.358 e. The van der Waals surface area contributed by atoms with Gasteiger partial charge < -0.3 is 15.1 Å². The maximum absolute atomic E-state index is 13.5. The van der Waals surface area contributed by atoms with Crippen LogP contribution in [0.3, 0.4) is 0 Å². The Bertz CT molecular complexity index is 1070. The number of nitrogens with zero attached hydrogens (tertiary/aromatic N) is 4. The van der Waals surface area contributed by atoms with Crippen molar-refractivity contribution in [3.63, 3.8) is 0 Å². The number of rotatable bonds is 5. The first-order valence-electron chi connectivity index (χ1n) is 12.3. The molecule has 1 unspecified atom stereocenters. The van der Waals surface area contributed by atoms with Gasteiger partial charge in [-0.3, -0.25) is 24.3 Å². The Hall–Kier alpha value is -3.42. The molecule has 2 fully saturated rings. The van der Waals surface area contributed by atoms with Crippen LogP contribution in [-0.4, -0.2) is 59.8 Å². The first-order valence-corrected chi connectivity index (χ1v) is 12.3. The molecule has 1 N–H and O–H groups in total. The third-order valence-electron chi connectivity index (χ3n) is 7.03. The molecule has 3 aliphatic heterocycles. The monoisotopic (exact) mass is 461 g/mol. The van der Waals surface area contributed by atoms with Gasteiger partial charge in [0.15, 0.2) is 0 Å². The summed E-state index contributed by atoms with van der Waals surface area (Å²) >= 11 is 0. The standard InChI is InChI=1S/C26H31N5O3/c32-24(28-17-19-7-6-11-27-16-19)18-31-23-15-20(25(33)29-12-3-1-4-13-29)9-10-21(23)30-14-5-2-8-22(30)26(31)34/h6-7,9-11,15-16,22H,1-5,8,12-14,17-18H2,(H,28,32). The molecule has 34 heavy (non-hydrogen) atoms. The van der Waals surface area contributed by atoms with Crippen molar-refractivity contribution in [2.24, 2.45) is 0 Å². The van der Waals surface area contributed by atoms with Crippen LogP contribution in [0.5, 0.6) is 0 Å². The zero-order valence-electron chi connectivity index (χ0n) is 19.4. The van der Waals surface area contributed by atoms with Gasteiger partial charge in [-0.1, -0.05) is 6.07 Å². The summed E-state index contributed by atoms with van der Waals surface area (Å²) in [6.07, 6.45) is 9.40. The highest BCUT2D eigenvalue weighted by atomic mass is 16.2. The lowest BCUT2D eigenvalue weighted by Gasteiger charge is -2.45. The molecular formula is C26H31N5O3. The van der Waals surface area contributed by atoms with E-state index >= 15 is 0 Å². The number of fused-ring (bicyclic) bond motifs is 3. The Balaban J connectivity index is 1.40. The first-order chi connectivity index (χ1) is 16.6. The number of carbonyl (C=O) groups is 3. The number of nitrogens with one attached hydrogen (secondary N) is 1. The van der Waals surface area contributed by atoms with E-state index in [4.69, 9.17) is 0 Å². The van der Waals surface area contributed by atoms with Gasteiger partial charge in [0, 0.05) is 44.1 Å². The summed E-state index contributed by atoms with van der Waals surface area (Å²) in [7, 11) is 0. The summed E-state index contributed by atoms with van der Waals surface area (Å²) in [6, 6.07) is 9.10. The highest BCUT2D eigenvalue weighted by Gasteiger charge is 2.40. The van der Waals surface area contributed by atoms with Crippen LogP contribution in [-0.2, 0) is 16.1 Å². The van der Waals surface area contributed by atoms with E-state index in [-0.39, 0.29) is 30.3 Å². The zero-order valence-corrected chi connectivity index (χ0v) is 19.4. The maximum Gasteiger partial charge on any atom is 0.253 e. The van der Waals surface area contributed by atoms with Crippen LogP contribution in [0.4, 0.5) is 11.4 Å². The number of pyridine rings is 1. The lowest BCUT2D eigenvalue weighted by atomic mass is 9.95. The molecule has 0 aliphatic carbocycles. The van der Waals surface area contributed by atoms with Crippen LogP contribution in [0.25, 0.3) is 0 Å². The Kier molecular flexibility index (Phi) is 6.47. The molecule has 8 heteroatoms. The Morgan fingerprint density at radius 1 is 1.00 bits per heavy atom. The molecule has 0 spiro atoms. The van der Waals surface area contributed by atoms with E-state index < -0.39 is 0 Å². The second-order valence-corrected chi connectivity index (χ2v) is 9.32. The van der Waals surface area contributed by atoms with Gasteiger partial charge in [0.1, 0.15) is 12.6 Å². The topological polar surface area (TPSA) is 85.9 Å². The summed E-state index contributed by atoms with van der Waals surface area (Å²) in [6.45, 7) is 2.62. The molecule has 1 atom stereocenters. The van der Waals surface area contributed by atoms with Gasteiger partial charge in [0.2, 0.25) is 11.8 Å². The van der Waals surface area contributed by atoms with Gasteiger partial charge in [0.25, 0.3) is 5.91 Å². The van der Waals surface area contributed by atoms with Crippen LogP contribution in [0.1, 0.15) is 54.4 Å². The Morgan fingerprint density at radius 2 is 1.82 bits per heavy atom. The molecule has 0 saturated carbocycles. The predicted octanol–water partition coefficient (Wildman–Crippen LogP) is 2.73. The summed E-state index contributed by atoms with van der Waals surface area (Å²) in [5.74, 6) is -0.303. The maximum atomic E-state index is 13.5. The minimum Gasteiger partial charge on any atom is -0.358 e. The predicted molar refractivity (Wildman–Crippen MR) is 130 cm³/mol. The smallest absolute Gasteiger partial charge is 0.253 e. The molecule has 0 radical (unpaired) electrons. The second-order valence-electron chi connectivity index (χ2n) is 9.32. The number of likely N-dealkylation sites (tertiary alicyclic amines) is 1. The van der Waals surface area contributed by atoms with Gasteiger partial charge in [-0.2, -0.15) is 0 Å². The van der Waals surface area contributed by atoms with E-state index in [1.165, 1.54) is 0 Å². The zero-order chi connectivity index (χ0) is 23.5. The van der Waals surface area contributed by atoms with Crippen molar-refractivity contribution in [1.82, 2.24) is 15.2 Å². The van der Waals surface area contributed by atoms with Crippen molar-refractivity contribution < 1.29 is 14.4 Å². The van der Waals surface area contributed by atoms with Crippen LogP contribution in [0.2, 0.25) is 0 Å². The number of carbonyl (C=O) groups excluding carboxylic acids is 3. The van der Waals surface area contributed by atoms with Crippen molar-refractivity contribution in [2.75, 3.05) is 36.0 Å². The number of hydrogen-bond acceptors (Lipinski definition) is 5. The van der Waals surface area contributed by atoms with Gasteiger partial charge in [-0.25, -0.2) is 0 Å². The third kappa shape index (κ3) is 4.49. The van der Waals surface area contributed by atoms with Gasteiger partial charge >= 0.3 is 0 Å². The van der Waals surface area contributed by atoms with E-state index in [0.717, 1.165) is 69.4 Å². The number of amides is 3. The molecule has 0 bridgehead atoms. The molecule has 4 heterocycles.